The van der Waals surface area contributed by atoms with Crippen LogP contribution in [0.15, 0.2) is 18.2 Å². The summed E-state index contributed by atoms with van der Waals surface area (Å²) in [4.78, 5) is 29.1. The molecule has 1 amide bonds. The molecule has 3 atom stereocenters. The number of hydrogen-bond acceptors (Lipinski definition) is 5. The molecule has 1 fully saturated rings. The maximum absolute atomic E-state index is 12.7. The van der Waals surface area contributed by atoms with Crippen molar-refractivity contribution >= 4 is 28.5 Å². The van der Waals surface area contributed by atoms with E-state index >= 15 is 0 Å². The smallest absolute Gasteiger partial charge is 0.356 e. The number of quaternary nitrogens is 1. The third kappa shape index (κ3) is 4.06. The quantitative estimate of drug-likeness (QED) is 0.664. The number of carbonyl (C=O) groups is 2. The van der Waals surface area contributed by atoms with Crippen molar-refractivity contribution in [2.75, 3.05) is 39.2 Å². The predicted molar refractivity (Wildman–Crippen MR) is 100 cm³/mol. The van der Waals surface area contributed by atoms with Gasteiger partial charge in [-0.25, -0.2) is 4.79 Å². The highest BCUT2D eigenvalue weighted by molar-refractivity contribution is 6.13. The van der Waals surface area contributed by atoms with Crippen molar-refractivity contribution < 1.29 is 28.7 Å². The number of methoxy groups -OCH3 is 2. The van der Waals surface area contributed by atoms with Crippen LogP contribution in [0.4, 0.5) is 5.69 Å². The summed E-state index contributed by atoms with van der Waals surface area (Å²) in [5.41, 5.74) is 1.27. The van der Waals surface area contributed by atoms with Gasteiger partial charge in [0.2, 0.25) is 0 Å². The molecule has 1 unspecified atom stereocenters. The Labute approximate surface area is 157 Å². The number of nitrogens with one attached hydrogen (secondary N) is 3. The van der Waals surface area contributed by atoms with Gasteiger partial charge in [-0.1, -0.05) is 6.07 Å². The van der Waals surface area contributed by atoms with Crippen LogP contribution in [0.5, 0.6) is 5.75 Å². The van der Waals surface area contributed by atoms with E-state index in [1.165, 1.54) is 7.11 Å². The summed E-state index contributed by atoms with van der Waals surface area (Å²) < 4.78 is 16.0. The van der Waals surface area contributed by atoms with Crippen LogP contribution in [-0.4, -0.2) is 62.9 Å². The molecule has 1 aliphatic rings. The number of benzene rings is 1. The van der Waals surface area contributed by atoms with Crippen LogP contribution < -0.4 is 15.0 Å². The fourth-order valence-corrected chi connectivity index (χ4v) is 3.71. The second-order valence-electron chi connectivity index (χ2n) is 6.89. The summed E-state index contributed by atoms with van der Waals surface area (Å²) in [7, 11) is 2.85. The summed E-state index contributed by atoms with van der Waals surface area (Å²) >= 11 is 0. The third-order valence-electron chi connectivity index (χ3n) is 4.69. The van der Waals surface area contributed by atoms with E-state index in [9.17, 15) is 9.59 Å². The number of rotatable bonds is 5. The summed E-state index contributed by atoms with van der Waals surface area (Å²) in [6, 6.07) is 5.41. The van der Waals surface area contributed by atoms with E-state index < -0.39 is 5.97 Å². The predicted octanol–water partition coefficient (Wildman–Crippen LogP) is 0.594. The molecule has 0 saturated carbocycles. The molecule has 3 N–H and O–H groups in total. The van der Waals surface area contributed by atoms with E-state index in [2.05, 4.69) is 10.3 Å². The highest BCUT2D eigenvalue weighted by Gasteiger charge is 2.29. The Kier molecular flexibility index (Phi) is 5.67. The fraction of sp³-hybridized carbons (Fsp3) is 0.474. The highest BCUT2D eigenvalue weighted by Crippen LogP contribution is 2.35. The summed E-state index contributed by atoms with van der Waals surface area (Å²) in [5.74, 6) is -0.164. The minimum Gasteiger partial charge on any atom is -0.496 e. The van der Waals surface area contributed by atoms with Gasteiger partial charge in [-0.05, 0) is 26.0 Å². The maximum Gasteiger partial charge on any atom is 0.356 e. The molecule has 2 heterocycles. The Morgan fingerprint density at radius 2 is 1.96 bits per heavy atom. The third-order valence-corrected chi connectivity index (χ3v) is 4.69. The maximum atomic E-state index is 12.7. The number of amides is 1. The first-order chi connectivity index (χ1) is 12.9. The highest BCUT2D eigenvalue weighted by atomic mass is 16.5. The SMILES string of the molecule is COC(=O)c1[nH]c2cccc(OC)c2c1NC(=O)C[NH+]1C[C@@H](C)O[C@@H](C)C1. The van der Waals surface area contributed by atoms with Gasteiger partial charge >= 0.3 is 5.97 Å². The Morgan fingerprint density at radius 1 is 1.26 bits per heavy atom. The zero-order valence-corrected chi connectivity index (χ0v) is 16.0. The lowest BCUT2D eigenvalue weighted by molar-refractivity contribution is -0.907. The monoisotopic (exact) mass is 376 g/mol. The van der Waals surface area contributed by atoms with Gasteiger partial charge in [0.15, 0.2) is 6.54 Å². The van der Waals surface area contributed by atoms with Gasteiger partial charge in [-0.3, -0.25) is 4.79 Å². The number of ether oxygens (including phenoxy) is 3. The zero-order valence-electron chi connectivity index (χ0n) is 16.0. The van der Waals surface area contributed by atoms with E-state index in [0.29, 0.717) is 28.9 Å². The molecule has 1 saturated heterocycles. The molecule has 8 nitrogen and oxygen atoms in total. The second-order valence-corrected chi connectivity index (χ2v) is 6.89. The molecule has 2 aromatic rings. The topological polar surface area (TPSA) is 94.1 Å². The van der Waals surface area contributed by atoms with Gasteiger partial charge in [0.25, 0.3) is 5.91 Å². The molecular weight excluding hydrogens is 350 g/mol. The molecule has 8 heteroatoms. The summed E-state index contributed by atoms with van der Waals surface area (Å²) in [6.07, 6.45) is 0.214. The molecule has 1 aromatic heterocycles. The van der Waals surface area contributed by atoms with Crippen molar-refractivity contribution in [2.45, 2.75) is 26.1 Å². The van der Waals surface area contributed by atoms with Crippen LogP contribution in [0.1, 0.15) is 24.3 Å². The number of anilines is 1. The largest absolute Gasteiger partial charge is 0.496 e. The van der Waals surface area contributed by atoms with Crippen molar-refractivity contribution in [1.82, 2.24) is 4.98 Å². The molecule has 1 aliphatic heterocycles. The van der Waals surface area contributed by atoms with Crippen molar-refractivity contribution in [2.24, 2.45) is 0 Å². The Morgan fingerprint density at radius 3 is 2.59 bits per heavy atom. The van der Waals surface area contributed by atoms with E-state index in [4.69, 9.17) is 14.2 Å². The lowest BCUT2D eigenvalue weighted by Crippen LogP contribution is -3.16. The molecule has 146 valence electrons. The van der Waals surface area contributed by atoms with E-state index in [1.54, 1.807) is 13.2 Å². The molecule has 0 spiro atoms. The van der Waals surface area contributed by atoms with Crippen molar-refractivity contribution in [3.8, 4) is 5.75 Å². The number of fused-ring (bicyclic) bond motifs is 1. The van der Waals surface area contributed by atoms with Gasteiger partial charge in [0.05, 0.1) is 30.8 Å². The molecule has 3 rings (SSSR count). The average molecular weight is 376 g/mol. The number of esters is 1. The minimum atomic E-state index is -0.551. The summed E-state index contributed by atoms with van der Waals surface area (Å²) in [5, 5.41) is 3.53. The van der Waals surface area contributed by atoms with Gasteiger partial charge < -0.3 is 29.4 Å². The number of morpholine rings is 1. The standard InChI is InChI=1S/C19H25N3O5/c1-11-8-22(9-12(2)27-11)10-15(23)21-17-16-13(6-5-7-14(16)25-3)20-18(17)19(24)26-4/h5-7,11-12,20H,8-10H2,1-4H3,(H,21,23)/p+1/t11-,12+. The number of carbonyl (C=O) groups excluding carboxylic acids is 2. The van der Waals surface area contributed by atoms with Gasteiger partial charge in [0, 0.05) is 0 Å². The summed E-state index contributed by atoms with van der Waals surface area (Å²) in [6.45, 7) is 5.83. The Hall–Kier alpha value is -2.58. The van der Waals surface area contributed by atoms with Gasteiger partial charge in [-0.15, -0.1) is 0 Å². The van der Waals surface area contributed by atoms with Crippen LogP contribution in [0.2, 0.25) is 0 Å². The minimum absolute atomic E-state index is 0.107. The lowest BCUT2D eigenvalue weighted by Gasteiger charge is -2.31. The number of aromatic nitrogens is 1. The molecule has 27 heavy (non-hydrogen) atoms. The second kappa shape index (κ2) is 7.98. The van der Waals surface area contributed by atoms with Crippen LogP contribution in [0.25, 0.3) is 10.9 Å². The first-order valence-corrected chi connectivity index (χ1v) is 8.98. The lowest BCUT2D eigenvalue weighted by atomic mass is 10.2. The van der Waals surface area contributed by atoms with Crippen molar-refractivity contribution in [3.63, 3.8) is 0 Å². The van der Waals surface area contributed by atoms with Crippen molar-refractivity contribution in [1.29, 1.82) is 0 Å². The van der Waals surface area contributed by atoms with Crippen LogP contribution >= 0.6 is 0 Å². The molecule has 1 aromatic carbocycles. The van der Waals surface area contributed by atoms with Gasteiger partial charge in [-0.2, -0.15) is 0 Å². The van der Waals surface area contributed by atoms with Crippen LogP contribution in [-0.2, 0) is 14.3 Å². The van der Waals surface area contributed by atoms with E-state index in [1.807, 2.05) is 26.0 Å². The Bertz CT molecular complexity index is 837. The molecule has 0 bridgehead atoms. The van der Waals surface area contributed by atoms with E-state index in [0.717, 1.165) is 18.0 Å². The van der Waals surface area contributed by atoms with Gasteiger partial charge in [0.1, 0.15) is 36.7 Å². The number of H-pyrrole nitrogens is 1. The first-order valence-electron chi connectivity index (χ1n) is 8.98. The van der Waals surface area contributed by atoms with E-state index in [-0.39, 0.29) is 23.8 Å². The van der Waals surface area contributed by atoms with Crippen LogP contribution in [0.3, 0.4) is 0 Å². The number of aromatic amines is 1. The number of hydrogen-bond donors (Lipinski definition) is 3. The first kappa shape index (κ1) is 19.2. The Balaban J connectivity index is 1.88. The average Bonchev–Trinajstić information content (AvgIpc) is 2.98. The molecule has 0 aliphatic carbocycles. The zero-order chi connectivity index (χ0) is 19.6. The molecular formula is C19H26N3O5+. The van der Waals surface area contributed by atoms with Crippen LogP contribution in [0, 0.1) is 0 Å². The molecule has 0 radical (unpaired) electrons. The van der Waals surface area contributed by atoms with Crippen molar-refractivity contribution in [3.05, 3.63) is 23.9 Å². The normalized spacial score (nSPS) is 22.4. The fourth-order valence-electron chi connectivity index (χ4n) is 3.71.